The molecule has 1 saturated carbocycles. The molecule has 0 radical (unpaired) electrons. The van der Waals surface area contributed by atoms with Crippen LogP contribution in [0.5, 0.6) is 0 Å². The highest BCUT2D eigenvalue weighted by molar-refractivity contribution is 9.09. The predicted molar refractivity (Wildman–Crippen MR) is 82.4 cm³/mol. The lowest BCUT2D eigenvalue weighted by Gasteiger charge is -2.39. The first kappa shape index (κ1) is 14.6. The van der Waals surface area contributed by atoms with Crippen molar-refractivity contribution in [1.29, 1.82) is 0 Å². The van der Waals surface area contributed by atoms with Crippen molar-refractivity contribution in [2.75, 3.05) is 5.33 Å². The van der Waals surface area contributed by atoms with E-state index in [1.54, 1.807) is 0 Å². The molecule has 0 atom stereocenters. The van der Waals surface area contributed by atoms with Crippen molar-refractivity contribution < 1.29 is 4.79 Å². The highest BCUT2D eigenvalue weighted by atomic mass is 79.9. The highest BCUT2D eigenvalue weighted by Gasteiger charge is 2.34. The van der Waals surface area contributed by atoms with E-state index in [2.05, 4.69) is 28.2 Å². The molecule has 0 aromatic heterocycles. The van der Waals surface area contributed by atoms with Crippen LogP contribution in [0, 0.1) is 5.92 Å². The zero-order valence-electron chi connectivity index (χ0n) is 11.5. The third kappa shape index (κ3) is 4.07. The Hall–Kier alpha value is -0.830. The molecular formula is C16H22BrNO. The third-order valence-corrected chi connectivity index (χ3v) is 5.17. The monoisotopic (exact) mass is 323 g/mol. The first-order chi connectivity index (χ1) is 9.13. The first-order valence-electron chi connectivity index (χ1n) is 7.04. The summed E-state index contributed by atoms with van der Waals surface area (Å²) in [6, 6.07) is 9.94. The Bertz CT molecular complexity index is 410. The van der Waals surface area contributed by atoms with Crippen molar-refractivity contribution in [3.63, 3.8) is 0 Å². The van der Waals surface area contributed by atoms with E-state index in [-0.39, 0.29) is 11.4 Å². The lowest BCUT2D eigenvalue weighted by atomic mass is 9.78. The van der Waals surface area contributed by atoms with Crippen molar-refractivity contribution in [2.24, 2.45) is 5.92 Å². The number of amides is 1. The van der Waals surface area contributed by atoms with E-state index in [4.69, 9.17) is 0 Å². The molecule has 1 aromatic rings. The SMILES string of the molecule is CC1CCC(CBr)(NC(=O)Cc2ccccc2)CC1. The fourth-order valence-corrected chi connectivity index (χ4v) is 3.43. The van der Waals surface area contributed by atoms with Gasteiger partial charge in [0.15, 0.2) is 0 Å². The Morgan fingerprint density at radius 3 is 2.53 bits per heavy atom. The second-order valence-electron chi connectivity index (χ2n) is 5.81. The minimum atomic E-state index is -0.0294. The van der Waals surface area contributed by atoms with E-state index in [1.165, 1.54) is 12.8 Å². The first-order valence-corrected chi connectivity index (χ1v) is 8.17. The van der Waals surface area contributed by atoms with E-state index in [9.17, 15) is 4.79 Å². The van der Waals surface area contributed by atoms with E-state index in [1.807, 2.05) is 30.3 Å². The number of hydrogen-bond acceptors (Lipinski definition) is 1. The van der Waals surface area contributed by atoms with Gasteiger partial charge in [0.1, 0.15) is 0 Å². The van der Waals surface area contributed by atoms with Crippen LogP contribution in [0.4, 0.5) is 0 Å². The number of benzene rings is 1. The number of nitrogens with one attached hydrogen (secondary N) is 1. The Labute approximate surface area is 124 Å². The van der Waals surface area contributed by atoms with E-state index < -0.39 is 0 Å². The maximum absolute atomic E-state index is 12.2. The van der Waals surface area contributed by atoms with Crippen molar-refractivity contribution >= 4 is 21.8 Å². The van der Waals surface area contributed by atoms with Crippen LogP contribution in [0.1, 0.15) is 38.2 Å². The van der Waals surface area contributed by atoms with Crippen LogP contribution in [0.15, 0.2) is 30.3 Å². The largest absolute Gasteiger partial charge is 0.350 e. The van der Waals surface area contributed by atoms with Crippen molar-refractivity contribution in [1.82, 2.24) is 5.32 Å². The van der Waals surface area contributed by atoms with Crippen molar-refractivity contribution in [2.45, 2.75) is 44.6 Å². The molecular weight excluding hydrogens is 302 g/mol. The average molecular weight is 324 g/mol. The Morgan fingerprint density at radius 1 is 1.32 bits per heavy atom. The predicted octanol–water partition coefficient (Wildman–Crippen LogP) is 3.69. The number of hydrogen-bond donors (Lipinski definition) is 1. The quantitative estimate of drug-likeness (QED) is 0.841. The van der Waals surface area contributed by atoms with E-state index in [0.717, 1.165) is 29.7 Å². The minimum absolute atomic E-state index is 0.0294. The van der Waals surface area contributed by atoms with Gasteiger partial charge in [-0.1, -0.05) is 53.2 Å². The summed E-state index contributed by atoms with van der Waals surface area (Å²) in [6.07, 6.45) is 5.06. The molecule has 1 aliphatic rings. The molecule has 0 spiro atoms. The number of carbonyl (C=O) groups is 1. The maximum atomic E-state index is 12.2. The van der Waals surface area contributed by atoms with Gasteiger partial charge in [-0.15, -0.1) is 0 Å². The van der Waals surface area contributed by atoms with Gasteiger partial charge in [0.05, 0.1) is 6.42 Å². The van der Waals surface area contributed by atoms with Crippen LogP contribution in [0.2, 0.25) is 0 Å². The fourth-order valence-electron chi connectivity index (χ4n) is 2.73. The van der Waals surface area contributed by atoms with Gasteiger partial charge in [-0.3, -0.25) is 4.79 Å². The number of halogens is 1. The zero-order valence-corrected chi connectivity index (χ0v) is 13.1. The Morgan fingerprint density at radius 2 is 1.95 bits per heavy atom. The molecule has 2 nitrogen and oxygen atoms in total. The summed E-state index contributed by atoms with van der Waals surface area (Å²) >= 11 is 3.59. The summed E-state index contributed by atoms with van der Waals surface area (Å²) in [4.78, 5) is 12.2. The summed E-state index contributed by atoms with van der Waals surface area (Å²) in [5.41, 5.74) is 1.05. The van der Waals surface area contributed by atoms with Crippen molar-refractivity contribution in [3.8, 4) is 0 Å². The van der Waals surface area contributed by atoms with Crippen LogP contribution in [-0.4, -0.2) is 16.8 Å². The Kier molecular flexibility index (Phi) is 5.03. The molecule has 2 rings (SSSR count). The molecule has 0 heterocycles. The van der Waals surface area contributed by atoms with Crippen LogP contribution in [0.3, 0.4) is 0 Å². The minimum Gasteiger partial charge on any atom is -0.350 e. The molecule has 0 saturated heterocycles. The lowest BCUT2D eigenvalue weighted by molar-refractivity contribution is -0.122. The van der Waals surface area contributed by atoms with E-state index in [0.29, 0.717) is 6.42 Å². The van der Waals surface area contributed by atoms with Gasteiger partial charge in [-0.25, -0.2) is 0 Å². The van der Waals surface area contributed by atoms with Gasteiger partial charge in [-0.2, -0.15) is 0 Å². The molecule has 19 heavy (non-hydrogen) atoms. The fraction of sp³-hybridized carbons (Fsp3) is 0.562. The molecule has 1 N–H and O–H groups in total. The number of rotatable bonds is 4. The average Bonchev–Trinajstić information content (AvgIpc) is 2.43. The molecule has 0 bridgehead atoms. The second-order valence-corrected chi connectivity index (χ2v) is 6.37. The maximum Gasteiger partial charge on any atom is 0.224 e. The summed E-state index contributed by atoms with van der Waals surface area (Å²) in [5.74, 6) is 0.929. The summed E-state index contributed by atoms with van der Waals surface area (Å²) in [5, 5.41) is 4.12. The molecule has 104 valence electrons. The van der Waals surface area contributed by atoms with Gasteiger partial charge in [0.25, 0.3) is 0 Å². The highest BCUT2D eigenvalue weighted by Crippen LogP contribution is 2.33. The van der Waals surface area contributed by atoms with Gasteiger partial charge < -0.3 is 5.32 Å². The standard InChI is InChI=1S/C16H22BrNO/c1-13-7-9-16(12-17,10-8-13)18-15(19)11-14-5-3-2-4-6-14/h2-6,13H,7-12H2,1H3,(H,18,19). The lowest BCUT2D eigenvalue weighted by Crippen LogP contribution is -2.52. The number of carbonyl (C=O) groups excluding carboxylic acids is 1. The number of alkyl halides is 1. The smallest absolute Gasteiger partial charge is 0.224 e. The van der Waals surface area contributed by atoms with Gasteiger partial charge >= 0.3 is 0 Å². The molecule has 0 unspecified atom stereocenters. The summed E-state index contributed by atoms with van der Waals surface area (Å²) in [6.45, 7) is 2.30. The molecule has 1 amide bonds. The van der Waals surface area contributed by atoms with E-state index >= 15 is 0 Å². The molecule has 0 aliphatic heterocycles. The van der Waals surface area contributed by atoms with Crippen LogP contribution in [0.25, 0.3) is 0 Å². The third-order valence-electron chi connectivity index (χ3n) is 4.10. The van der Waals surface area contributed by atoms with Crippen LogP contribution in [-0.2, 0) is 11.2 Å². The summed E-state index contributed by atoms with van der Waals surface area (Å²) in [7, 11) is 0. The van der Waals surface area contributed by atoms with Crippen molar-refractivity contribution in [3.05, 3.63) is 35.9 Å². The van der Waals surface area contributed by atoms with Crippen LogP contribution >= 0.6 is 15.9 Å². The zero-order chi connectivity index (χ0) is 13.7. The van der Waals surface area contributed by atoms with Gasteiger partial charge in [-0.05, 0) is 37.2 Å². The van der Waals surface area contributed by atoms with Gasteiger partial charge in [0.2, 0.25) is 5.91 Å². The van der Waals surface area contributed by atoms with Gasteiger partial charge in [0, 0.05) is 10.9 Å². The molecule has 3 heteroatoms. The van der Waals surface area contributed by atoms with Crippen LogP contribution < -0.4 is 5.32 Å². The molecule has 1 fully saturated rings. The normalized spacial score (nSPS) is 26.9. The Balaban J connectivity index is 1.93. The molecule has 1 aliphatic carbocycles. The summed E-state index contributed by atoms with van der Waals surface area (Å²) < 4.78 is 0. The molecule has 1 aromatic carbocycles. The topological polar surface area (TPSA) is 29.1 Å². The second kappa shape index (κ2) is 6.56.